The first-order valence-electron chi connectivity index (χ1n) is 8.75. The maximum absolute atomic E-state index is 12.0. The average molecular weight is 335 g/mol. The lowest BCUT2D eigenvalue weighted by Crippen LogP contribution is -2.48. The number of amides is 1. The first kappa shape index (κ1) is 20.5. The van der Waals surface area contributed by atoms with Crippen LogP contribution in [-0.2, 0) is 11.3 Å². The van der Waals surface area contributed by atoms with E-state index in [0.29, 0.717) is 13.2 Å². The van der Waals surface area contributed by atoms with Crippen LogP contribution in [-0.4, -0.2) is 43.1 Å². The highest BCUT2D eigenvalue weighted by Gasteiger charge is 2.26. The minimum Gasteiger partial charge on any atom is -0.492 e. The molecule has 24 heavy (non-hydrogen) atoms. The normalized spacial score (nSPS) is 13.0. The van der Waals surface area contributed by atoms with Crippen molar-refractivity contribution in [2.75, 3.05) is 26.2 Å². The van der Waals surface area contributed by atoms with Crippen LogP contribution in [0.5, 0.6) is 5.75 Å². The standard InChI is InChI=1S/C19H33N3O2/c1-6-22(7-2)12-13-24-16-10-8-15(9-11-16)14-21-18(23)17(20)19(3,4)5/h8-11,17H,6-7,12-14,20H2,1-5H3,(H,21,23)/t17-/m1/s1. The molecule has 0 aromatic heterocycles. The van der Waals surface area contributed by atoms with E-state index in [-0.39, 0.29) is 11.3 Å². The van der Waals surface area contributed by atoms with E-state index in [1.165, 1.54) is 0 Å². The van der Waals surface area contributed by atoms with Crippen molar-refractivity contribution in [3.8, 4) is 5.75 Å². The summed E-state index contributed by atoms with van der Waals surface area (Å²) in [6, 6.07) is 7.30. The van der Waals surface area contributed by atoms with Crippen molar-refractivity contribution < 1.29 is 9.53 Å². The third-order valence-electron chi connectivity index (χ3n) is 4.18. The highest BCUT2D eigenvalue weighted by atomic mass is 16.5. The number of nitrogens with zero attached hydrogens (tertiary/aromatic N) is 1. The van der Waals surface area contributed by atoms with Crippen LogP contribution in [0.3, 0.4) is 0 Å². The third-order valence-corrected chi connectivity index (χ3v) is 4.18. The Labute approximate surface area is 146 Å². The van der Waals surface area contributed by atoms with Crippen molar-refractivity contribution in [2.24, 2.45) is 11.1 Å². The van der Waals surface area contributed by atoms with E-state index in [2.05, 4.69) is 24.1 Å². The summed E-state index contributed by atoms with van der Waals surface area (Å²) in [5, 5.41) is 2.89. The number of nitrogens with one attached hydrogen (secondary N) is 1. The Hall–Kier alpha value is -1.59. The SMILES string of the molecule is CCN(CC)CCOc1ccc(CNC(=O)[C@@H](N)C(C)(C)C)cc1. The van der Waals surface area contributed by atoms with Gasteiger partial charge in [-0.2, -0.15) is 0 Å². The molecule has 0 spiro atoms. The molecule has 0 aliphatic carbocycles. The monoisotopic (exact) mass is 335 g/mol. The van der Waals surface area contributed by atoms with Gasteiger partial charge in [-0.05, 0) is 36.2 Å². The molecule has 136 valence electrons. The fourth-order valence-electron chi connectivity index (χ4n) is 2.23. The Morgan fingerprint density at radius 2 is 1.79 bits per heavy atom. The molecule has 1 aromatic carbocycles. The second kappa shape index (κ2) is 9.64. The molecule has 0 bridgehead atoms. The van der Waals surface area contributed by atoms with Crippen molar-refractivity contribution in [3.63, 3.8) is 0 Å². The summed E-state index contributed by atoms with van der Waals surface area (Å²) in [6.07, 6.45) is 0. The minimum atomic E-state index is -0.514. The fourth-order valence-corrected chi connectivity index (χ4v) is 2.23. The second-order valence-corrected chi connectivity index (χ2v) is 7.08. The molecular weight excluding hydrogens is 302 g/mol. The fraction of sp³-hybridized carbons (Fsp3) is 0.632. The van der Waals surface area contributed by atoms with E-state index in [9.17, 15) is 4.79 Å². The number of nitrogens with two attached hydrogens (primary N) is 1. The average Bonchev–Trinajstić information content (AvgIpc) is 2.56. The number of ether oxygens (including phenoxy) is 1. The molecule has 1 aromatic rings. The maximum atomic E-state index is 12.0. The zero-order valence-corrected chi connectivity index (χ0v) is 15.8. The first-order chi connectivity index (χ1) is 11.3. The van der Waals surface area contributed by atoms with E-state index in [1.807, 2.05) is 45.0 Å². The van der Waals surface area contributed by atoms with Crippen LogP contribution in [0.25, 0.3) is 0 Å². The molecule has 0 aliphatic heterocycles. The molecule has 1 atom stereocenters. The molecule has 1 rings (SSSR count). The van der Waals surface area contributed by atoms with Crippen molar-refractivity contribution in [1.29, 1.82) is 0 Å². The molecule has 0 unspecified atom stereocenters. The van der Waals surface area contributed by atoms with E-state index in [4.69, 9.17) is 10.5 Å². The van der Waals surface area contributed by atoms with E-state index in [0.717, 1.165) is 30.9 Å². The van der Waals surface area contributed by atoms with Crippen LogP contribution in [0.4, 0.5) is 0 Å². The van der Waals surface area contributed by atoms with Crippen LogP contribution >= 0.6 is 0 Å². The summed E-state index contributed by atoms with van der Waals surface area (Å²) in [7, 11) is 0. The van der Waals surface area contributed by atoms with Gasteiger partial charge in [0.05, 0.1) is 6.04 Å². The van der Waals surface area contributed by atoms with Crippen LogP contribution in [0.15, 0.2) is 24.3 Å². The van der Waals surface area contributed by atoms with Crippen LogP contribution in [0, 0.1) is 5.41 Å². The van der Waals surface area contributed by atoms with Crippen molar-refractivity contribution in [3.05, 3.63) is 29.8 Å². The molecule has 5 nitrogen and oxygen atoms in total. The van der Waals surface area contributed by atoms with Crippen molar-refractivity contribution >= 4 is 5.91 Å². The number of carbonyl (C=O) groups is 1. The number of likely N-dealkylation sites (N-methyl/N-ethyl adjacent to an activating group) is 1. The summed E-state index contributed by atoms with van der Waals surface area (Å²) in [5.74, 6) is 0.727. The summed E-state index contributed by atoms with van der Waals surface area (Å²) < 4.78 is 5.75. The Kier molecular flexibility index (Phi) is 8.22. The van der Waals surface area contributed by atoms with Crippen LogP contribution < -0.4 is 15.8 Å². The largest absolute Gasteiger partial charge is 0.492 e. The molecular formula is C19H33N3O2. The maximum Gasteiger partial charge on any atom is 0.237 e. The predicted molar refractivity (Wildman–Crippen MR) is 99.0 cm³/mol. The molecule has 0 heterocycles. The Balaban J connectivity index is 2.41. The topological polar surface area (TPSA) is 67.6 Å². The molecule has 0 radical (unpaired) electrons. The lowest BCUT2D eigenvalue weighted by Gasteiger charge is -2.25. The molecule has 0 aliphatic rings. The third kappa shape index (κ3) is 6.89. The van der Waals surface area contributed by atoms with Crippen molar-refractivity contribution in [1.82, 2.24) is 10.2 Å². The van der Waals surface area contributed by atoms with Gasteiger partial charge in [-0.25, -0.2) is 0 Å². The lowest BCUT2D eigenvalue weighted by atomic mass is 9.87. The van der Waals surface area contributed by atoms with E-state index in [1.54, 1.807) is 0 Å². The van der Waals surface area contributed by atoms with Crippen LogP contribution in [0.1, 0.15) is 40.2 Å². The van der Waals surface area contributed by atoms with Crippen LogP contribution in [0.2, 0.25) is 0 Å². The first-order valence-corrected chi connectivity index (χ1v) is 8.75. The second-order valence-electron chi connectivity index (χ2n) is 7.08. The highest BCUT2D eigenvalue weighted by Crippen LogP contribution is 2.17. The van der Waals surface area contributed by atoms with Gasteiger partial charge in [0.25, 0.3) is 0 Å². The summed E-state index contributed by atoms with van der Waals surface area (Å²) in [6.45, 7) is 14.3. The zero-order valence-electron chi connectivity index (χ0n) is 15.8. The molecule has 0 fully saturated rings. The zero-order chi connectivity index (χ0) is 18.2. The number of carbonyl (C=O) groups excluding carboxylic acids is 1. The van der Waals surface area contributed by atoms with Gasteiger partial charge in [0.2, 0.25) is 5.91 Å². The predicted octanol–water partition coefficient (Wildman–Crippen LogP) is 2.40. The minimum absolute atomic E-state index is 0.123. The van der Waals surface area contributed by atoms with E-state index < -0.39 is 6.04 Å². The number of hydrogen-bond acceptors (Lipinski definition) is 4. The smallest absolute Gasteiger partial charge is 0.237 e. The van der Waals surface area contributed by atoms with Gasteiger partial charge >= 0.3 is 0 Å². The number of hydrogen-bond donors (Lipinski definition) is 2. The summed E-state index contributed by atoms with van der Waals surface area (Å²) >= 11 is 0. The lowest BCUT2D eigenvalue weighted by molar-refractivity contribution is -0.124. The Morgan fingerprint density at radius 1 is 1.21 bits per heavy atom. The summed E-state index contributed by atoms with van der Waals surface area (Å²) in [4.78, 5) is 14.3. The van der Waals surface area contributed by atoms with Gasteiger partial charge in [-0.3, -0.25) is 4.79 Å². The highest BCUT2D eigenvalue weighted by molar-refractivity contribution is 5.82. The Bertz CT molecular complexity index is 490. The van der Waals surface area contributed by atoms with Gasteiger partial charge < -0.3 is 20.7 Å². The van der Waals surface area contributed by atoms with Gasteiger partial charge in [0.1, 0.15) is 12.4 Å². The molecule has 0 saturated heterocycles. The van der Waals surface area contributed by atoms with Gasteiger partial charge in [0, 0.05) is 13.1 Å². The number of rotatable bonds is 9. The van der Waals surface area contributed by atoms with E-state index >= 15 is 0 Å². The van der Waals surface area contributed by atoms with Crippen molar-refractivity contribution in [2.45, 2.75) is 47.2 Å². The molecule has 3 N–H and O–H groups in total. The Morgan fingerprint density at radius 3 is 2.29 bits per heavy atom. The van der Waals surface area contributed by atoms with Gasteiger partial charge in [-0.15, -0.1) is 0 Å². The molecule has 5 heteroatoms. The number of benzene rings is 1. The molecule has 0 saturated carbocycles. The quantitative estimate of drug-likeness (QED) is 0.727. The summed E-state index contributed by atoms with van der Waals surface area (Å²) in [5.41, 5.74) is 6.73. The van der Waals surface area contributed by atoms with Gasteiger partial charge in [0.15, 0.2) is 0 Å². The molecule has 1 amide bonds. The van der Waals surface area contributed by atoms with Gasteiger partial charge in [-0.1, -0.05) is 46.8 Å².